The molecule has 0 aliphatic carbocycles. The monoisotopic (exact) mass is 415 g/mol. The topological polar surface area (TPSA) is 104 Å². The second-order valence-corrected chi connectivity index (χ2v) is 6.33. The summed E-state index contributed by atoms with van der Waals surface area (Å²) in [7, 11) is 1.18. The van der Waals surface area contributed by atoms with E-state index >= 15 is 0 Å². The van der Waals surface area contributed by atoms with Crippen LogP contribution >= 0.6 is 0 Å². The minimum atomic E-state index is -1.66. The quantitative estimate of drug-likeness (QED) is 0.306. The van der Waals surface area contributed by atoms with Crippen LogP contribution in [0.2, 0.25) is 0 Å². The van der Waals surface area contributed by atoms with Crippen LogP contribution in [0.5, 0.6) is 0 Å². The fourth-order valence-corrected chi connectivity index (χ4v) is 2.99. The van der Waals surface area contributed by atoms with Crippen LogP contribution in [0.25, 0.3) is 10.9 Å². The summed E-state index contributed by atoms with van der Waals surface area (Å²) in [4.78, 5) is 40.1. The van der Waals surface area contributed by atoms with Crippen LogP contribution in [-0.2, 0) is 35.0 Å². The van der Waals surface area contributed by atoms with Crippen LogP contribution in [0, 0.1) is 17.3 Å². The third-order valence-corrected chi connectivity index (χ3v) is 4.44. The van der Waals surface area contributed by atoms with Gasteiger partial charge in [-0.15, -0.1) is 0 Å². The Morgan fingerprint density at radius 3 is 2.30 bits per heavy atom. The number of methoxy groups -OCH3 is 1. The molecule has 160 valence electrons. The van der Waals surface area contributed by atoms with Crippen LogP contribution in [0.15, 0.2) is 30.5 Å². The van der Waals surface area contributed by atoms with E-state index in [0.29, 0.717) is 0 Å². The number of fused-ring (bicyclic) bond motifs is 1. The summed E-state index contributed by atoms with van der Waals surface area (Å²) in [5.74, 6) is 3.95. The van der Waals surface area contributed by atoms with Crippen molar-refractivity contribution in [1.29, 1.82) is 0 Å². The summed E-state index contributed by atoms with van der Waals surface area (Å²) in [6.07, 6.45) is 0.770. The smallest absolute Gasteiger partial charge is 0.465 e. The first kappa shape index (κ1) is 22.8. The molecule has 30 heavy (non-hydrogen) atoms. The second-order valence-electron chi connectivity index (χ2n) is 6.33. The molecule has 0 amide bonds. The first-order valence-electron chi connectivity index (χ1n) is 9.54. The molecule has 0 bridgehead atoms. The van der Waals surface area contributed by atoms with Crippen molar-refractivity contribution in [3.05, 3.63) is 36.0 Å². The molecule has 0 spiro atoms. The summed E-state index contributed by atoms with van der Waals surface area (Å²) in [5.41, 5.74) is -0.0130. The Bertz CT molecular complexity index is 933. The Hall–Kier alpha value is -3.47. The predicted molar refractivity (Wildman–Crippen MR) is 108 cm³/mol. The van der Waals surface area contributed by atoms with E-state index < -0.39 is 23.5 Å². The van der Waals surface area contributed by atoms with Gasteiger partial charge in [-0.3, -0.25) is 9.59 Å². The van der Waals surface area contributed by atoms with Gasteiger partial charge in [0, 0.05) is 29.9 Å². The molecule has 1 N–H and O–H groups in total. The van der Waals surface area contributed by atoms with Crippen molar-refractivity contribution < 1.29 is 33.3 Å². The molecule has 0 saturated heterocycles. The van der Waals surface area contributed by atoms with Gasteiger partial charge in [0.05, 0.1) is 20.3 Å². The Kier molecular flexibility index (Phi) is 8.29. The van der Waals surface area contributed by atoms with Crippen molar-refractivity contribution in [2.45, 2.75) is 26.7 Å². The zero-order valence-corrected chi connectivity index (χ0v) is 17.3. The first-order valence-corrected chi connectivity index (χ1v) is 9.54. The lowest BCUT2D eigenvalue weighted by Gasteiger charge is -2.27. The molecular weight excluding hydrogens is 390 g/mol. The number of hydrogen-bond donors (Lipinski definition) is 1. The van der Waals surface area contributed by atoms with E-state index in [2.05, 4.69) is 21.6 Å². The van der Waals surface area contributed by atoms with Crippen LogP contribution in [0.1, 0.15) is 25.8 Å². The summed E-state index contributed by atoms with van der Waals surface area (Å²) in [5, 5.41) is 0.887. The summed E-state index contributed by atoms with van der Waals surface area (Å²) >= 11 is 0. The number of H-pyrrole nitrogens is 1. The normalized spacial score (nSPS) is 10.6. The molecule has 0 atom stereocenters. The number of hydrogen-bond acceptors (Lipinski definition) is 7. The van der Waals surface area contributed by atoms with Crippen molar-refractivity contribution in [3.8, 4) is 11.8 Å². The van der Waals surface area contributed by atoms with Crippen LogP contribution in [-0.4, -0.2) is 50.0 Å². The number of ether oxygens (including phenoxy) is 4. The maximum absolute atomic E-state index is 13.0. The number of esters is 2. The van der Waals surface area contributed by atoms with Gasteiger partial charge in [-0.05, 0) is 25.5 Å². The molecule has 0 fully saturated rings. The Balaban J connectivity index is 2.40. The van der Waals surface area contributed by atoms with Crippen molar-refractivity contribution in [2.75, 3.05) is 26.9 Å². The number of rotatable bonds is 8. The van der Waals surface area contributed by atoms with E-state index in [4.69, 9.17) is 14.2 Å². The molecule has 8 heteroatoms. The Morgan fingerprint density at radius 1 is 1.00 bits per heavy atom. The fourth-order valence-electron chi connectivity index (χ4n) is 2.99. The molecule has 0 saturated carbocycles. The Labute approximate surface area is 174 Å². The van der Waals surface area contributed by atoms with Crippen molar-refractivity contribution >= 4 is 29.0 Å². The summed E-state index contributed by atoms with van der Waals surface area (Å²) < 4.78 is 19.5. The zero-order chi connectivity index (χ0) is 22.0. The number of carbonyl (C=O) groups excluding carboxylic acids is 3. The fraction of sp³-hybridized carbons (Fsp3) is 0.409. The maximum Gasteiger partial charge on any atom is 0.508 e. The van der Waals surface area contributed by atoms with Crippen molar-refractivity contribution in [3.63, 3.8) is 0 Å². The highest BCUT2D eigenvalue weighted by atomic mass is 16.7. The third-order valence-electron chi connectivity index (χ3n) is 4.44. The summed E-state index contributed by atoms with van der Waals surface area (Å²) in [6, 6.07) is 7.57. The molecule has 2 aromatic rings. The van der Waals surface area contributed by atoms with E-state index in [1.54, 1.807) is 20.0 Å². The molecule has 0 aliphatic heterocycles. The molecule has 0 radical (unpaired) electrons. The predicted octanol–water partition coefficient (Wildman–Crippen LogP) is 3.00. The van der Waals surface area contributed by atoms with E-state index in [-0.39, 0.29) is 32.7 Å². The van der Waals surface area contributed by atoms with Gasteiger partial charge in [0.2, 0.25) is 0 Å². The summed E-state index contributed by atoms with van der Waals surface area (Å²) in [6.45, 7) is 3.30. The van der Waals surface area contributed by atoms with Gasteiger partial charge in [0.25, 0.3) is 0 Å². The zero-order valence-electron chi connectivity index (χ0n) is 17.3. The average molecular weight is 415 g/mol. The lowest BCUT2D eigenvalue weighted by molar-refractivity contribution is -0.171. The SMILES string of the molecule is CCOC(=O)C(CC#CCOC(=O)OC)(Cc1c[nH]c2ccccc12)C(=O)OCC. The van der Waals surface area contributed by atoms with Crippen molar-refractivity contribution in [2.24, 2.45) is 5.41 Å². The van der Waals surface area contributed by atoms with Crippen molar-refractivity contribution in [1.82, 2.24) is 4.98 Å². The molecule has 2 rings (SSSR count). The minimum absolute atomic E-state index is 0.0429. The van der Waals surface area contributed by atoms with Crippen LogP contribution < -0.4 is 0 Å². The Morgan fingerprint density at radius 2 is 1.67 bits per heavy atom. The largest absolute Gasteiger partial charge is 0.508 e. The highest BCUT2D eigenvalue weighted by Crippen LogP contribution is 2.33. The van der Waals surface area contributed by atoms with Gasteiger partial charge < -0.3 is 23.9 Å². The number of para-hydroxylation sites is 1. The molecule has 8 nitrogen and oxygen atoms in total. The van der Waals surface area contributed by atoms with Gasteiger partial charge in [-0.25, -0.2) is 4.79 Å². The molecule has 1 aromatic heterocycles. The lowest BCUT2D eigenvalue weighted by Crippen LogP contribution is -2.43. The number of aromatic amines is 1. The van der Waals surface area contributed by atoms with Gasteiger partial charge in [0.15, 0.2) is 12.0 Å². The highest BCUT2D eigenvalue weighted by Gasteiger charge is 2.49. The molecule has 0 aliphatic rings. The highest BCUT2D eigenvalue weighted by molar-refractivity contribution is 6.01. The average Bonchev–Trinajstić information content (AvgIpc) is 3.15. The van der Waals surface area contributed by atoms with E-state index in [0.717, 1.165) is 16.5 Å². The number of nitrogens with one attached hydrogen (secondary N) is 1. The minimum Gasteiger partial charge on any atom is -0.465 e. The number of carbonyl (C=O) groups is 3. The van der Waals surface area contributed by atoms with E-state index in [1.165, 1.54) is 7.11 Å². The molecule has 0 unspecified atom stereocenters. The second kappa shape index (κ2) is 10.9. The van der Waals surface area contributed by atoms with Gasteiger partial charge >= 0.3 is 18.1 Å². The third kappa shape index (κ3) is 5.32. The van der Waals surface area contributed by atoms with Gasteiger partial charge in [0.1, 0.15) is 0 Å². The van der Waals surface area contributed by atoms with E-state index in [1.807, 2.05) is 24.3 Å². The van der Waals surface area contributed by atoms with Crippen LogP contribution in [0.4, 0.5) is 4.79 Å². The van der Waals surface area contributed by atoms with Gasteiger partial charge in [-0.1, -0.05) is 30.0 Å². The molecular formula is C22H25NO7. The maximum atomic E-state index is 13.0. The molecule has 1 aromatic carbocycles. The first-order chi connectivity index (χ1) is 14.5. The lowest BCUT2D eigenvalue weighted by atomic mass is 9.78. The van der Waals surface area contributed by atoms with Gasteiger partial charge in [-0.2, -0.15) is 0 Å². The number of benzene rings is 1. The standard InChI is InChI=1S/C22H25NO7/c1-4-28-19(24)22(20(25)29-5-2,12-8-9-13-30-21(26)27-3)14-16-15-23-18-11-7-6-10-17(16)18/h6-7,10-11,15,23H,4-5,12-14H2,1-3H3. The van der Waals surface area contributed by atoms with Crippen LogP contribution in [0.3, 0.4) is 0 Å². The van der Waals surface area contributed by atoms with E-state index in [9.17, 15) is 14.4 Å². The number of aromatic nitrogens is 1. The molecule has 1 heterocycles.